The van der Waals surface area contributed by atoms with Gasteiger partial charge in [-0.25, -0.2) is 0 Å². The molecule has 0 radical (unpaired) electrons. The Morgan fingerprint density at radius 1 is 0.528 bits per heavy atom. The van der Waals surface area contributed by atoms with Crippen molar-refractivity contribution in [3.63, 3.8) is 0 Å². The number of halogens is 1. The van der Waals surface area contributed by atoms with Crippen LogP contribution in [0.4, 0.5) is 0 Å². The van der Waals surface area contributed by atoms with E-state index >= 15 is 0 Å². The molecule has 2 saturated carbocycles. The van der Waals surface area contributed by atoms with Crippen LogP contribution >= 0.6 is 11.6 Å². The molecule has 8 fully saturated rings. The number of nitrogens with zero attached hydrogens (tertiary/aromatic N) is 5. The predicted octanol–water partition coefficient (Wildman–Crippen LogP) is 3.21. The maximum atomic E-state index is 12.8. The van der Waals surface area contributed by atoms with Crippen molar-refractivity contribution in [2.45, 2.75) is 102 Å². The lowest BCUT2D eigenvalue weighted by Crippen LogP contribution is -2.57. The highest BCUT2D eigenvalue weighted by molar-refractivity contribution is 6.63. The molecule has 1 N–H and O–H groups in total. The fourth-order valence-electron chi connectivity index (χ4n) is 8.87. The van der Waals surface area contributed by atoms with Crippen molar-refractivity contribution in [3.05, 3.63) is 0 Å². The van der Waals surface area contributed by atoms with Gasteiger partial charge in [0.2, 0.25) is 23.0 Å². The van der Waals surface area contributed by atoms with E-state index < -0.39 is 0 Å². The van der Waals surface area contributed by atoms with Crippen LogP contribution in [0, 0.1) is 23.7 Å². The highest BCUT2D eigenvalue weighted by Gasteiger charge is 2.39. The number of likely N-dealkylation sites (tertiary alicyclic amines) is 1. The number of carbonyl (C=O) groups excluding carboxylic acids is 4. The lowest BCUT2D eigenvalue weighted by molar-refractivity contribution is -0.149. The topological polar surface area (TPSA) is 115 Å². The van der Waals surface area contributed by atoms with Crippen molar-refractivity contribution in [3.8, 4) is 0 Å². The van der Waals surface area contributed by atoms with Crippen LogP contribution in [-0.4, -0.2) is 165 Å². The Morgan fingerprint density at radius 3 is 1.42 bits per heavy atom. The summed E-state index contributed by atoms with van der Waals surface area (Å²) < 4.78 is 10.5. The Kier molecular flexibility index (Phi) is 16.1. The highest BCUT2D eigenvalue weighted by Crippen LogP contribution is 2.28. The molecule has 6 saturated heterocycles. The van der Waals surface area contributed by atoms with Gasteiger partial charge in [-0.05, 0) is 87.6 Å². The van der Waals surface area contributed by atoms with Gasteiger partial charge in [0.15, 0.2) is 0 Å². The maximum Gasteiger partial charge on any atom is 0.229 e. The maximum absolute atomic E-state index is 12.8. The normalized spacial score (nSPS) is 26.2. The van der Waals surface area contributed by atoms with Gasteiger partial charge in [-0.3, -0.25) is 29.0 Å². The predicted molar refractivity (Wildman–Crippen MR) is 204 cm³/mol. The summed E-state index contributed by atoms with van der Waals surface area (Å²) in [7, 11) is 0. The average Bonchev–Trinajstić information content (AvgIpc) is 3.45. The molecule has 8 rings (SSSR count). The van der Waals surface area contributed by atoms with Crippen LogP contribution < -0.4 is 5.32 Å². The van der Waals surface area contributed by atoms with Crippen LogP contribution in [0.1, 0.15) is 89.9 Å². The SMILES string of the molecule is O=C(C1CNC1)N1CCCN(C2CCC2)CC1.O=C(CC1CCOCC1)N1CC(C(=O)N2CCCN(C3CCC3)CC2)C1.O=C(Cl)CC1CCOCC1. The van der Waals surface area contributed by atoms with Crippen molar-refractivity contribution in [1.29, 1.82) is 0 Å². The molecule has 300 valence electrons. The van der Waals surface area contributed by atoms with Gasteiger partial charge in [0, 0.05) is 130 Å². The number of amides is 3. The van der Waals surface area contributed by atoms with E-state index in [9.17, 15) is 19.2 Å². The number of carbonyl (C=O) groups is 4. The van der Waals surface area contributed by atoms with E-state index in [4.69, 9.17) is 21.1 Å². The quantitative estimate of drug-likeness (QED) is 0.373. The number of rotatable bonds is 8. The fourth-order valence-corrected chi connectivity index (χ4v) is 9.09. The minimum absolute atomic E-state index is 0.0314. The molecular formula is C40H67ClN6O6. The summed E-state index contributed by atoms with van der Waals surface area (Å²) in [6.07, 6.45) is 15.5. The first-order valence-corrected chi connectivity index (χ1v) is 21.6. The fraction of sp³-hybridized carbons (Fsp3) is 0.900. The molecule has 0 aromatic rings. The number of hydrogen-bond donors (Lipinski definition) is 1. The third-order valence-electron chi connectivity index (χ3n) is 13.2. The molecule has 3 amide bonds. The Morgan fingerprint density at radius 2 is 1.00 bits per heavy atom. The molecule has 0 atom stereocenters. The smallest absolute Gasteiger partial charge is 0.229 e. The summed E-state index contributed by atoms with van der Waals surface area (Å²) in [5.74, 6) is 2.13. The number of ether oxygens (including phenoxy) is 2. The highest BCUT2D eigenvalue weighted by atomic mass is 35.5. The van der Waals surface area contributed by atoms with Gasteiger partial charge in [-0.15, -0.1) is 0 Å². The minimum Gasteiger partial charge on any atom is -0.381 e. The van der Waals surface area contributed by atoms with Gasteiger partial charge in [0.25, 0.3) is 0 Å². The largest absolute Gasteiger partial charge is 0.381 e. The van der Waals surface area contributed by atoms with E-state index in [1.807, 2.05) is 4.90 Å². The van der Waals surface area contributed by atoms with Crippen LogP contribution in [0.3, 0.4) is 0 Å². The zero-order valence-electron chi connectivity index (χ0n) is 32.2. The molecule has 0 spiro atoms. The molecule has 12 nitrogen and oxygen atoms in total. The van der Waals surface area contributed by atoms with Crippen molar-refractivity contribution in [1.82, 2.24) is 29.8 Å². The summed E-state index contributed by atoms with van der Waals surface area (Å²) in [5, 5.41) is 2.97. The van der Waals surface area contributed by atoms with E-state index in [1.54, 1.807) is 0 Å². The molecule has 53 heavy (non-hydrogen) atoms. The summed E-state index contributed by atoms with van der Waals surface area (Å²) in [5.41, 5.74) is 0. The summed E-state index contributed by atoms with van der Waals surface area (Å²) in [6.45, 7) is 14.3. The van der Waals surface area contributed by atoms with Crippen molar-refractivity contribution < 1.29 is 28.7 Å². The van der Waals surface area contributed by atoms with Crippen LogP contribution in [0.2, 0.25) is 0 Å². The third kappa shape index (κ3) is 12.1. The van der Waals surface area contributed by atoms with E-state index in [2.05, 4.69) is 24.9 Å². The van der Waals surface area contributed by atoms with Crippen molar-refractivity contribution in [2.24, 2.45) is 23.7 Å². The first-order chi connectivity index (χ1) is 25.8. The van der Waals surface area contributed by atoms with Crippen LogP contribution in [0.15, 0.2) is 0 Å². The van der Waals surface area contributed by atoms with Crippen LogP contribution in [0.25, 0.3) is 0 Å². The van der Waals surface area contributed by atoms with Crippen LogP contribution in [0.5, 0.6) is 0 Å². The second-order valence-corrected chi connectivity index (χ2v) is 17.2. The van der Waals surface area contributed by atoms with Crippen molar-refractivity contribution >= 4 is 34.6 Å². The summed E-state index contributed by atoms with van der Waals surface area (Å²) >= 11 is 5.23. The standard InChI is InChI=1S/C20H33N3O3.C13H23N3O.C7H11ClO2/c24-19(13-16-5-11-26-12-6-16)23-14-17(15-23)20(25)22-8-2-7-21(9-10-22)18-3-1-4-18;17-13(11-9-14-10-11)16-6-2-5-15(7-8-16)12-3-1-4-12;8-7(9)5-6-1-3-10-4-2-6/h16-18H,1-15H2;11-12,14H,1-10H2;6H,1-5H2. The lowest BCUT2D eigenvalue weighted by Gasteiger charge is -2.41. The summed E-state index contributed by atoms with van der Waals surface area (Å²) in [4.78, 5) is 59.0. The number of nitrogens with one attached hydrogen (secondary N) is 1. The second-order valence-electron chi connectivity index (χ2n) is 16.8. The van der Waals surface area contributed by atoms with Gasteiger partial charge < -0.3 is 29.5 Å². The molecule has 8 aliphatic rings. The van der Waals surface area contributed by atoms with Gasteiger partial charge in [0.05, 0.1) is 11.8 Å². The first kappa shape index (κ1) is 40.8. The molecule has 0 bridgehead atoms. The molecule has 0 aromatic carbocycles. The lowest BCUT2D eigenvalue weighted by atomic mass is 9.91. The van der Waals surface area contributed by atoms with E-state index in [0.717, 1.165) is 136 Å². The molecule has 6 heterocycles. The third-order valence-corrected chi connectivity index (χ3v) is 13.3. The minimum atomic E-state index is -0.216. The molecule has 13 heteroatoms. The molecule has 6 aliphatic heterocycles. The number of hydrogen-bond acceptors (Lipinski definition) is 9. The molecule has 0 aromatic heterocycles. The Balaban J connectivity index is 0.000000152. The Labute approximate surface area is 322 Å². The van der Waals surface area contributed by atoms with Gasteiger partial charge >= 0.3 is 0 Å². The van der Waals surface area contributed by atoms with E-state index in [-0.39, 0.29) is 28.9 Å². The van der Waals surface area contributed by atoms with Gasteiger partial charge in [-0.2, -0.15) is 0 Å². The van der Waals surface area contributed by atoms with Crippen LogP contribution in [-0.2, 0) is 28.7 Å². The van der Waals surface area contributed by atoms with Crippen molar-refractivity contribution in [2.75, 3.05) is 105 Å². The summed E-state index contributed by atoms with van der Waals surface area (Å²) in [6, 6.07) is 1.60. The Hall–Kier alpha value is -1.83. The van der Waals surface area contributed by atoms with Gasteiger partial charge in [-0.1, -0.05) is 12.8 Å². The first-order valence-electron chi connectivity index (χ1n) is 21.2. The average molecular weight is 763 g/mol. The van der Waals surface area contributed by atoms with E-state index in [1.165, 1.54) is 45.1 Å². The molecule has 2 aliphatic carbocycles. The zero-order chi connectivity index (χ0) is 37.0. The monoisotopic (exact) mass is 762 g/mol. The van der Waals surface area contributed by atoms with E-state index in [0.29, 0.717) is 43.7 Å². The van der Waals surface area contributed by atoms with Gasteiger partial charge in [0.1, 0.15) is 0 Å². The Bertz CT molecular complexity index is 1180. The molecular weight excluding hydrogens is 696 g/mol. The molecule has 0 unspecified atom stereocenters. The zero-order valence-corrected chi connectivity index (χ0v) is 33.0. The second kappa shape index (κ2) is 20.9.